The summed E-state index contributed by atoms with van der Waals surface area (Å²) in [5.41, 5.74) is 0. The van der Waals surface area contributed by atoms with Gasteiger partial charge in [-0.2, -0.15) is 5.26 Å². The Morgan fingerprint density at radius 1 is 1.50 bits per heavy atom. The van der Waals surface area contributed by atoms with Crippen LogP contribution in [-0.4, -0.2) is 24.0 Å². The van der Waals surface area contributed by atoms with Gasteiger partial charge in [0, 0.05) is 18.8 Å². The first-order valence-corrected chi connectivity index (χ1v) is 4.85. The fourth-order valence-corrected chi connectivity index (χ4v) is 1.76. The molecule has 0 aromatic heterocycles. The SMILES string of the molecule is CC1(C)O[C@H](CC#N)C[C@H](CC(=O)[O-])O1.[Na+]. The Morgan fingerprint density at radius 2 is 2.06 bits per heavy atom. The van der Waals surface area contributed by atoms with Gasteiger partial charge in [-0.25, -0.2) is 0 Å². The van der Waals surface area contributed by atoms with Crippen molar-refractivity contribution in [2.24, 2.45) is 0 Å². The summed E-state index contributed by atoms with van der Waals surface area (Å²) in [6.45, 7) is 3.41. The van der Waals surface area contributed by atoms with Crippen LogP contribution in [0.25, 0.3) is 0 Å². The number of nitrogens with zero attached hydrogens (tertiary/aromatic N) is 1. The number of nitriles is 1. The molecule has 1 aliphatic heterocycles. The monoisotopic (exact) mass is 235 g/mol. The van der Waals surface area contributed by atoms with E-state index in [1.807, 2.05) is 6.07 Å². The van der Waals surface area contributed by atoms with Crippen molar-refractivity contribution in [3.05, 3.63) is 0 Å². The van der Waals surface area contributed by atoms with Gasteiger partial charge in [0.05, 0.1) is 24.7 Å². The maximum Gasteiger partial charge on any atom is 1.00 e. The summed E-state index contributed by atoms with van der Waals surface area (Å²) in [7, 11) is 0. The van der Waals surface area contributed by atoms with Gasteiger partial charge in [-0.1, -0.05) is 0 Å². The van der Waals surface area contributed by atoms with Crippen LogP contribution < -0.4 is 34.7 Å². The van der Waals surface area contributed by atoms with Crippen LogP contribution >= 0.6 is 0 Å². The van der Waals surface area contributed by atoms with Crippen molar-refractivity contribution in [1.29, 1.82) is 5.26 Å². The van der Waals surface area contributed by atoms with E-state index >= 15 is 0 Å². The number of carbonyl (C=O) groups is 1. The largest absolute Gasteiger partial charge is 1.00 e. The summed E-state index contributed by atoms with van der Waals surface area (Å²) in [5, 5.41) is 19.0. The molecule has 0 saturated carbocycles. The first kappa shape index (κ1) is 15.9. The number of carboxylic acid groups (broad SMARTS) is 1. The van der Waals surface area contributed by atoms with Crippen LogP contribution in [0.1, 0.15) is 33.1 Å². The Hall–Kier alpha value is -0.120. The van der Waals surface area contributed by atoms with Gasteiger partial charge in [-0.3, -0.25) is 0 Å². The number of ether oxygens (including phenoxy) is 2. The molecule has 0 radical (unpaired) electrons. The predicted octanol–water partition coefficient (Wildman–Crippen LogP) is -3.05. The molecular weight excluding hydrogens is 221 g/mol. The summed E-state index contributed by atoms with van der Waals surface area (Å²) >= 11 is 0. The van der Waals surface area contributed by atoms with Crippen molar-refractivity contribution >= 4 is 5.97 Å². The minimum Gasteiger partial charge on any atom is -0.550 e. The molecule has 0 unspecified atom stereocenters. The van der Waals surface area contributed by atoms with E-state index in [0.717, 1.165) is 0 Å². The molecule has 2 atom stereocenters. The summed E-state index contributed by atoms with van der Waals surface area (Å²) in [6, 6.07) is 2.01. The fourth-order valence-electron chi connectivity index (χ4n) is 1.76. The second kappa shape index (κ2) is 6.58. The number of hydrogen-bond acceptors (Lipinski definition) is 5. The molecule has 0 amide bonds. The van der Waals surface area contributed by atoms with Crippen LogP contribution in [0.4, 0.5) is 0 Å². The standard InChI is InChI=1S/C10H15NO4.Na/c1-10(2)14-7(3-4-11)5-8(15-10)6-9(12)13;/h7-8H,3,5-6H2,1-2H3,(H,12,13);/q;+1/p-1/t7-,8-;/m1./s1. The summed E-state index contributed by atoms with van der Waals surface area (Å²) < 4.78 is 10.9. The van der Waals surface area contributed by atoms with E-state index in [2.05, 4.69) is 0 Å². The maximum absolute atomic E-state index is 10.4. The van der Waals surface area contributed by atoms with E-state index in [-0.39, 0.29) is 48.5 Å². The second-order valence-corrected chi connectivity index (χ2v) is 4.05. The van der Waals surface area contributed by atoms with Crippen molar-refractivity contribution < 1.29 is 48.9 Å². The van der Waals surface area contributed by atoms with Gasteiger partial charge < -0.3 is 19.4 Å². The molecule has 0 aromatic carbocycles. The molecule has 0 N–H and O–H groups in total. The zero-order valence-electron chi connectivity index (χ0n) is 9.86. The van der Waals surface area contributed by atoms with Crippen LogP contribution in [0.15, 0.2) is 0 Å². The minimum absolute atomic E-state index is 0. The van der Waals surface area contributed by atoms with Crippen LogP contribution in [0.5, 0.6) is 0 Å². The summed E-state index contributed by atoms with van der Waals surface area (Å²) in [6.07, 6.45) is -0.184. The third-order valence-corrected chi connectivity index (χ3v) is 2.14. The molecule has 1 rings (SSSR count). The quantitative estimate of drug-likeness (QED) is 0.485. The minimum atomic E-state index is -1.14. The number of carbonyl (C=O) groups excluding carboxylic acids is 1. The van der Waals surface area contributed by atoms with E-state index in [4.69, 9.17) is 14.7 Å². The third kappa shape index (κ3) is 5.28. The summed E-state index contributed by atoms with van der Waals surface area (Å²) in [4.78, 5) is 10.4. The van der Waals surface area contributed by atoms with Crippen LogP contribution in [0, 0.1) is 11.3 Å². The molecule has 1 saturated heterocycles. The maximum atomic E-state index is 10.4. The first-order chi connectivity index (χ1) is 6.93. The molecular formula is C10H14NNaO4. The van der Waals surface area contributed by atoms with E-state index in [0.29, 0.717) is 6.42 Å². The van der Waals surface area contributed by atoms with E-state index in [1.165, 1.54) is 0 Å². The topological polar surface area (TPSA) is 82.4 Å². The molecule has 0 aliphatic carbocycles. The molecule has 1 fully saturated rings. The van der Waals surface area contributed by atoms with Gasteiger partial charge in [0.15, 0.2) is 5.79 Å². The number of rotatable bonds is 3. The van der Waals surface area contributed by atoms with E-state index in [9.17, 15) is 9.90 Å². The molecule has 0 aromatic rings. The molecule has 84 valence electrons. The molecule has 1 heterocycles. The molecule has 0 bridgehead atoms. The Kier molecular flexibility index (Phi) is 6.53. The predicted molar refractivity (Wildman–Crippen MR) is 48.3 cm³/mol. The van der Waals surface area contributed by atoms with E-state index in [1.54, 1.807) is 13.8 Å². The van der Waals surface area contributed by atoms with Gasteiger partial charge >= 0.3 is 29.6 Å². The van der Waals surface area contributed by atoms with Gasteiger partial charge in [0.25, 0.3) is 0 Å². The molecule has 0 spiro atoms. The average molecular weight is 235 g/mol. The van der Waals surface area contributed by atoms with Gasteiger partial charge in [0.1, 0.15) is 0 Å². The molecule has 1 aliphatic rings. The van der Waals surface area contributed by atoms with E-state index < -0.39 is 17.9 Å². The first-order valence-electron chi connectivity index (χ1n) is 4.85. The Labute approximate surface area is 117 Å². The van der Waals surface area contributed by atoms with Crippen LogP contribution in [0.2, 0.25) is 0 Å². The normalized spacial score (nSPS) is 27.6. The number of hydrogen-bond donors (Lipinski definition) is 0. The van der Waals surface area contributed by atoms with Crippen LogP contribution in [0.3, 0.4) is 0 Å². The molecule has 6 heteroatoms. The van der Waals surface area contributed by atoms with Crippen molar-refractivity contribution in [2.45, 2.75) is 51.1 Å². The molecule has 5 nitrogen and oxygen atoms in total. The average Bonchev–Trinajstić information content (AvgIpc) is 1.99. The van der Waals surface area contributed by atoms with Gasteiger partial charge in [-0.15, -0.1) is 0 Å². The molecule has 16 heavy (non-hydrogen) atoms. The van der Waals surface area contributed by atoms with Gasteiger partial charge in [0.2, 0.25) is 0 Å². The Balaban J connectivity index is 0.00000225. The second-order valence-electron chi connectivity index (χ2n) is 4.05. The Morgan fingerprint density at radius 3 is 2.56 bits per heavy atom. The zero-order chi connectivity index (χ0) is 11.5. The van der Waals surface area contributed by atoms with Crippen LogP contribution in [-0.2, 0) is 14.3 Å². The van der Waals surface area contributed by atoms with Crippen molar-refractivity contribution in [2.75, 3.05) is 0 Å². The van der Waals surface area contributed by atoms with Crippen molar-refractivity contribution in [3.8, 4) is 6.07 Å². The number of aliphatic carboxylic acids is 1. The number of carboxylic acids is 1. The third-order valence-electron chi connectivity index (χ3n) is 2.14. The van der Waals surface area contributed by atoms with Crippen molar-refractivity contribution in [3.63, 3.8) is 0 Å². The smallest absolute Gasteiger partial charge is 0.550 e. The van der Waals surface area contributed by atoms with Gasteiger partial charge in [-0.05, 0) is 13.8 Å². The zero-order valence-corrected chi connectivity index (χ0v) is 11.9. The van der Waals surface area contributed by atoms with Crippen molar-refractivity contribution in [1.82, 2.24) is 0 Å². The Bertz CT molecular complexity index is 287. The fraction of sp³-hybridized carbons (Fsp3) is 0.800. The summed E-state index contributed by atoms with van der Waals surface area (Å²) in [5.74, 6) is -1.98.